The number of para-hydroxylation sites is 1. The maximum atomic E-state index is 12.1. The van der Waals surface area contributed by atoms with E-state index in [2.05, 4.69) is 10.1 Å². The normalized spacial score (nSPS) is 10.5. The molecule has 3 rings (SSSR count). The number of carbonyl (C=O) groups is 2. The summed E-state index contributed by atoms with van der Waals surface area (Å²) < 4.78 is 15.5. The monoisotopic (exact) mass is 400 g/mol. The lowest BCUT2D eigenvalue weighted by molar-refractivity contribution is -0.145. The van der Waals surface area contributed by atoms with Crippen molar-refractivity contribution in [3.8, 4) is 17.1 Å². The lowest BCUT2D eigenvalue weighted by Crippen LogP contribution is -2.08. The van der Waals surface area contributed by atoms with Crippen molar-refractivity contribution in [1.82, 2.24) is 10.1 Å². The van der Waals surface area contributed by atoms with Gasteiger partial charge in [-0.3, -0.25) is 9.59 Å². The molecule has 0 fully saturated rings. The summed E-state index contributed by atoms with van der Waals surface area (Å²) in [5, 5.41) is 4.42. The van der Waals surface area contributed by atoms with Crippen molar-refractivity contribution in [2.24, 2.45) is 0 Å². The summed E-state index contributed by atoms with van der Waals surface area (Å²) >= 11 is 5.79. The zero-order chi connectivity index (χ0) is 19.9. The Kier molecular flexibility index (Phi) is 6.39. The van der Waals surface area contributed by atoms with Crippen LogP contribution in [0.2, 0.25) is 5.02 Å². The van der Waals surface area contributed by atoms with Gasteiger partial charge in [-0.2, -0.15) is 4.98 Å². The Balaban J connectivity index is 1.50. The van der Waals surface area contributed by atoms with E-state index < -0.39 is 5.97 Å². The molecule has 0 amide bonds. The number of aromatic nitrogens is 2. The van der Waals surface area contributed by atoms with Crippen LogP contribution in [0, 0.1) is 0 Å². The topological polar surface area (TPSA) is 91.5 Å². The fraction of sp³-hybridized carbons (Fsp3) is 0.200. The average molecular weight is 401 g/mol. The van der Waals surface area contributed by atoms with Gasteiger partial charge >= 0.3 is 5.97 Å². The van der Waals surface area contributed by atoms with Crippen molar-refractivity contribution in [1.29, 1.82) is 0 Å². The fourth-order valence-corrected chi connectivity index (χ4v) is 2.59. The van der Waals surface area contributed by atoms with Crippen LogP contribution in [0.1, 0.15) is 29.1 Å². The van der Waals surface area contributed by atoms with Crippen LogP contribution in [-0.4, -0.2) is 29.0 Å². The zero-order valence-corrected chi connectivity index (χ0v) is 15.8. The minimum atomic E-state index is -0.528. The highest BCUT2D eigenvalue weighted by molar-refractivity contribution is 6.30. The Bertz CT molecular complexity index is 969. The van der Waals surface area contributed by atoms with E-state index in [9.17, 15) is 9.59 Å². The summed E-state index contributed by atoms with van der Waals surface area (Å²) in [5.41, 5.74) is 1.16. The highest BCUT2D eigenvalue weighted by atomic mass is 35.5. The molecule has 1 heterocycles. The van der Waals surface area contributed by atoms with E-state index in [1.807, 2.05) is 12.1 Å². The number of hydrogen-bond donors (Lipinski definition) is 0. The summed E-state index contributed by atoms with van der Waals surface area (Å²) in [6, 6.07) is 13.7. The molecule has 0 radical (unpaired) electrons. The number of esters is 1. The Labute approximate surface area is 166 Å². The molecule has 0 aliphatic rings. The first kappa shape index (κ1) is 19.6. The number of methoxy groups -OCH3 is 1. The number of nitrogens with zero attached hydrogens (tertiary/aromatic N) is 2. The molecule has 0 unspecified atom stereocenters. The highest BCUT2D eigenvalue weighted by Gasteiger charge is 2.15. The van der Waals surface area contributed by atoms with Crippen molar-refractivity contribution in [3.63, 3.8) is 0 Å². The van der Waals surface area contributed by atoms with Gasteiger partial charge in [0.2, 0.25) is 5.82 Å². The molecule has 8 heteroatoms. The molecule has 0 aliphatic carbocycles. The van der Waals surface area contributed by atoms with Crippen molar-refractivity contribution in [3.05, 3.63) is 65.0 Å². The van der Waals surface area contributed by atoms with E-state index in [0.717, 1.165) is 0 Å². The third-order valence-electron chi connectivity index (χ3n) is 3.89. The number of ketones is 1. The number of halogens is 1. The quantitative estimate of drug-likeness (QED) is 0.415. The highest BCUT2D eigenvalue weighted by Crippen LogP contribution is 2.27. The Hall–Kier alpha value is -3.19. The average Bonchev–Trinajstić information content (AvgIpc) is 3.20. The van der Waals surface area contributed by atoms with Crippen LogP contribution in [0.3, 0.4) is 0 Å². The molecule has 2 aromatic carbocycles. The minimum absolute atomic E-state index is 0.0385. The van der Waals surface area contributed by atoms with Gasteiger partial charge in [0, 0.05) is 17.0 Å². The van der Waals surface area contributed by atoms with Gasteiger partial charge in [-0.05, 0) is 36.4 Å². The third kappa shape index (κ3) is 4.95. The lowest BCUT2D eigenvalue weighted by atomic mass is 10.1. The van der Waals surface area contributed by atoms with Crippen molar-refractivity contribution >= 4 is 23.4 Å². The molecule has 144 valence electrons. The van der Waals surface area contributed by atoms with E-state index >= 15 is 0 Å². The van der Waals surface area contributed by atoms with Crippen LogP contribution < -0.4 is 4.74 Å². The Morgan fingerprint density at radius 1 is 1.07 bits per heavy atom. The molecule has 0 saturated heterocycles. The summed E-state index contributed by atoms with van der Waals surface area (Å²) in [7, 11) is 1.55. The van der Waals surface area contributed by atoms with Crippen LogP contribution in [-0.2, 0) is 16.1 Å². The molecular formula is C20H17ClN2O5. The summed E-state index contributed by atoms with van der Waals surface area (Å²) in [6.45, 7) is -0.171. The van der Waals surface area contributed by atoms with E-state index in [1.54, 1.807) is 43.5 Å². The first-order valence-electron chi connectivity index (χ1n) is 8.47. The zero-order valence-electron chi connectivity index (χ0n) is 15.1. The van der Waals surface area contributed by atoms with Gasteiger partial charge in [0.15, 0.2) is 12.4 Å². The Morgan fingerprint density at radius 2 is 1.82 bits per heavy atom. The first-order valence-corrected chi connectivity index (χ1v) is 8.85. The predicted molar refractivity (Wildman–Crippen MR) is 101 cm³/mol. The van der Waals surface area contributed by atoms with E-state index in [1.165, 1.54) is 0 Å². The SMILES string of the molecule is COc1ccccc1-c1noc(COC(=O)CCC(=O)c2ccc(Cl)cc2)n1. The number of Topliss-reactive ketones (excluding diaryl/α,β-unsaturated/α-hetero) is 1. The van der Waals surface area contributed by atoms with Gasteiger partial charge < -0.3 is 14.0 Å². The summed E-state index contributed by atoms with van der Waals surface area (Å²) in [4.78, 5) is 28.1. The van der Waals surface area contributed by atoms with Gasteiger partial charge in [-0.1, -0.05) is 28.9 Å². The van der Waals surface area contributed by atoms with Gasteiger partial charge in [0.1, 0.15) is 5.75 Å². The van der Waals surface area contributed by atoms with Gasteiger partial charge in [-0.25, -0.2) is 0 Å². The van der Waals surface area contributed by atoms with E-state index in [0.29, 0.717) is 27.7 Å². The molecule has 1 aromatic heterocycles. The van der Waals surface area contributed by atoms with Crippen molar-refractivity contribution in [2.45, 2.75) is 19.4 Å². The summed E-state index contributed by atoms with van der Waals surface area (Å²) in [6.07, 6.45) is -0.00821. The van der Waals surface area contributed by atoms with Crippen LogP contribution in [0.4, 0.5) is 0 Å². The second kappa shape index (κ2) is 9.14. The molecule has 28 heavy (non-hydrogen) atoms. The molecule has 7 nitrogen and oxygen atoms in total. The maximum Gasteiger partial charge on any atom is 0.306 e. The maximum absolute atomic E-state index is 12.1. The number of carbonyl (C=O) groups excluding carboxylic acids is 2. The van der Waals surface area contributed by atoms with Crippen LogP contribution in [0.25, 0.3) is 11.4 Å². The number of benzene rings is 2. The number of hydrogen-bond acceptors (Lipinski definition) is 7. The van der Waals surface area contributed by atoms with E-state index in [4.69, 9.17) is 25.6 Å². The lowest BCUT2D eigenvalue weighted by Gasteiger charge is -2.03. The molecule has 0 N–H and O–H groups in total. The van der Waals surface area contributed by atoms with Crippen LogP contribution >= 0.6 is 11.6 Å². The molecule has 3 aromatic rings. The second-order valence-electron chi connectivity index (χ2n) is 5.80. The smallest absolute Gasteiger partial charge is 0.306 e. The van der Waals surface area contributed by atoms with Crippen molar-refractivity contribution < 1.29 is 23.6 Å². The first-order chi connectivity index (χ1) is 13.6. The predicted octanol–water partition coefficient (Wildman–Crippen LogP) is 4.10. The minimum Gasteiger partial charge on any atom is -0.496 e. The van der Waals surface area contributed by atoms with Gasteiger partial charge in [0.05, 0.1) is 19.1 Å². The fourth-order valence-electron chi connectivity index (χ4n) is 2.46. The number of ether oxygens (including phenoxy) is 2. The number of rotatable bonds is 8. The van der Waals surface area contributed by atoms with Gasteiger partial charge in [0.25, 0.3) is 5.89 Å². The summed E-state index contributed by atoms with van der Waals surface area (Å²) in [5.74, 6) is 0.400. The molecule has 0 saturated carbocycles. The Morgan fingerprint density at radius 3 is 2.57 bits per heavy atom. The standard InChI is InChI=1S/C20H17ClN2O5/c1-26-17-5-3-2-4-15(17)20-22-18(28-23-20)12-27-19(25)11-10-16(24)13-6-8-14(21)9-7-13/h2-9H,10-12H2,1H3. The molecular weight excluding hydrogens is 384 g/mol. The largest absolute Gasteiger partial charge is 0.496 e. The van der Waals surface area contributed by atoms with Crippen LogP contribution in [0.5, 0.6) is 5.75 Å². The van der Waals surface area contributed by atoms with E-state index in [-0.39, 0.29) is 31.1 Å². The molecule has 0 bridgehead atoms. The third-order valence-corrected chi connectivity index (χ3v) is 4.15. The molecule has 0 aliphatic heterocycles. The second-order valence-corrected chi connectivity index (χ2v) is 6.24. The van der Waals surface area contributed by atoms with Gasteiger partial charge in [-0.15, -0.1) is 0 Å². The molecule has 0 spiro atoms. The van der Waals surface area contributed by atoms with Crippen LogP contribution in [0.15, 0.2) is 53.1 Å². The molecule has 0 atom stereocenters. The van der Waals surface area contributed by atoms with Crippen molar-refractivity contribution in [2.75, 3.05) is 7.11 Å².